The molecule has 0 saturated carbocycles. The molecule has 0 saturated heterocycles. The Balaban J connectivity index is 0.000000941. The van der Waals surface area contributed by atoms with Gasteiger partial charge in [-0.05, 0) is 48.7 Å². The van der Waals surface area contributed by atoms with Gasteiger partial charge >= 0.3 is 0 Å². The minimum atomic E-state index is 0.0379. The molecule has 0 atom stereocenters. The number of fused-ring (bicyclic) bond motifs is 1. The first-order valence-corrected chi connectivity index (χ1v) is 10.4. The third-order valence-electron chi connectivity index (χ3n) is 4.66. The lowest BCUT2D eigenvalue weighted by molar-refractivity contribution is -0.135. The summed E-state index contributed by atoms with van der Waals surface area (Å²) in [6, 6.07) is 9.93. The molecule has 0 aliphatic carbocycles. The number of methoxy groups -OCH3 is 1. The molecule has 2 heterocycles. The van der Waals surface area contributed by atoms with Crippen molar-refractivity contribution in [3.8, 4) is 11.5 Å². The first-order valence-electron chi connectivity index (χ1n) is 10.4. The van der Waals surface area contributed by atoms with Crippen LogP contribution in [-0.4, -0.2) is 29.4 Å². The van der Waals surface area contributed by atoms with Crippen LogP contribution in [-0.2, 0) is 24.4 Å². The van der Waals surface area contributed by atoms with Gasteiger partial charge in [0.2, 0.25) is 5.91 Å². The van der Waals surface area contributed by atoms with Gasteiger partial charge in [0.15, 0.2) is 0 Å². The molecule has 5 heteroatoms. The first-order chi connectivity index (χ1) is 13.9. The van der Waals surface area contributed by atoms with Crippen molar-refractivity contribution in [1.29, 1.82) is 0 Å². The SMILES string of the molecule is CCC.COc1ccc(C)nc1COc1ccc2c(c1)CCN(C(=O)C(C)C)C2. The number of hydrogen-bond acceptors (Lipinski definition) is 4. The Morgan fingerprint density at radius 1 is 1.17 bits per heavy atom. The zero-order valence-corrected chi connectivity index (χ0v) is 18.6. The summed E-state index contributed by atoms with van der Waals surface area (Å²) in [4.78, 5) is 18.6. The molecule has 0 spiro atoms. The van der Waals surface area contributed by atoms with Crippen LogP contribution >= 0.6 is 0 Å². The van der Waals surface area contributed by atoms with Crippen LogP contribution in [0.2, 0.25) is 0 Å². The number of benzene rings is 1. The predicted octanol–water partition coefficient (Wildman–Crippen LogP) is 4.93. The highest BCUT2D eigenvalue weighted by Crippen LogP contribution is 2.26. The van der Waals surface area contributed by atoms with Crippen molar-refractivity contribution < 1.29 is 14.3 Å². The smallest absolute Gasteiger partial charge is 0.225 e. The number of aryl methyl sites for hydroxylation is 1. The summed E-state index contributed by atoms with van der Waals surface area (Å²) in [5.74, 6) is 1.80. The van der Waals surface area contributed by atoms with Crippen LogP contribution in [0.3, 0.4) is 0 Å². The maximum Gasteiger partial charge on any atom is 0.225 e. The Labute approximate surface area is 175 Å². The first kappa shape index (κ1) is 22.7. The van der Waals surface area contributed by atoms with E-state index >= 15 is 0 Å². The van der Waals surface area contributed by atoms with Gasteiger partial charge in [-0.3, -0.25) is 9.78 Å². The lowest BCUT2D eigenvalue weighted by Crippen LogP contribution is -2.38. The van der Waals surface area contributed by atoms with Crippen molar-refractivity contribution in [1.82, 2.24) is 9.88 Å². The van der Waals surface area contributed by atoms with Gasteiger partial charge in [0.1, 0.15) is 23.8 Å². The van der Waals surface area contributed by atoms with Crippen LogP contribution in [0.4, 0.5) is 0 Å². The van der Waals surface area contributed by atoms with Crippen molar-refractivity contribution >= 4 is 5.91 Å². The van der Waals surface area contributed by atoms with Crippen LogP contribution in [0.5, 0.6) is 11.5 Å². The lowest BCUT2D eigenvalue weighted by Gasteiger charge is -2.30. The summed E-state index contributed by atoms with van der Waals surface area (Å²) in [7, 11) is 1.64. The number of hydrogen-bond donors (Lipinski definition) is 0. The molecular formula is C24H34N2O3. The summed E-state index contributed by atoms with van der Waals surface area (Å²) in [6.07, 6.45) is 2.11. The minimum absolute atomic E-state index is 0.0379. The number of rotatable bonds is 5. The molecule has 0 fully saturated rings. The van der Waals surface area contributed by atoms with Crippen LogP contribution in [0.25, 0.3) is 0 Å². The van der Waals surface area contributed by atoms with E-state index in [-0.39, 0.29) is 11.8 Å². The number of nitrogens with zero attached hydrogens (tertiary/aromatic N) is 2. The summed E-state index contributed by atoms with van der Waals surface area (Å²) >= 11 is 0. The van der Waals surface area contributed by atoms with Crippen molar-refractivity contribution in [3.05, 3.63) is 52.8 Å². The number of carbonyl (C=O) groups excluding carboxylic acids is 1. The fourth-order valence-electron chi connectivity index (χ4n) is 3.21. The van der Waals surface area contributed by atoms with Crippen LogP contribution in [0.1, 0.15) is 56.6 Å². The van der Waals surface area contributed by atoms with Crippen LogP contribution in [0, 0.1) is 12.8 Å². The Morgan fingerprint density at radius 3 is 2.55 bits per heavy atom. The van der Waals surface area contributed by atoms with Crippen molar-refractivity contribution in [2.45, 2.75) is 60.6 Å². The zero-order chi connectivity index (χ0) is 21.4. The van der Waals surface area contributed by atoms with Gasteiger partial charge in [0, 0.05) is 24.7 Å². The highest BCUT2D eigenvalue weighted by Gasteiger charge is 2.22. The number of carbonyl (C=O) groups is 1. The van der Waals surface area contributed by atoms with Gasteiger partial charge in [0.25, 0.3) is 0 Å². The summed E-state index contributed by atoms with van der Waals surface area (Å²) in [6.45, 7) is 11.9. The number of pyridine rings is 1. The van der Waals surface area contributed by atoms with E-state index in [1.807, 2.05) is 43.9 Å². The Kier molecular flexibility index (Phi) is 8.50. The fourth-order valence-corrected chi connectivity index (χ4v) is 3.21. The summed E-state index contributed by atoms with van der Waals surface area (Å²) in [5.41, 5.74) is 4.17. The van der Waals surface area contributed by atoms with E-state index in [0.717, 1.165) is 35.9 Å². The van der Waals surface area contributed by atoms with Crippen LogP contribution in [0.15, 0.2) is 30.3 Å². The molecule has 1 aliphatic heterocycles. The predicted molar refractivity (Wildman–Crippen MR) is 116 cm³/mol. The van der Waals surface area contributed by atoms with Crippen molar-refractivity contribution in [3.63, 3.8) is 0 Å². The van der Waals surface area contributed by atoms with E-state index in [0.29, 0.717) is 13.2 Å². The quantitative estimate of drug-likeness (QED) is 0.716. The zero-order valence-electron chi connectivity index (χ0n) is 18.6. The summed E-state index contributed by atoms with van der Waals surface area (Å²) in [5, 5.41) is 0. The molecule has 1 aromatic heterocycles. The molecule has 0 bridgehead atoms. The van der Waals surface area contributed by atoms with E-state index in [2.05, 4.69) is 31.0 Å². The number of amides is 1. The third-order valence-corrected chi connectivity index (χ3v) is 4.66. The molecule has 1 aliphatic rings. The van der Waals surface area contributed by atoms with Gasteiger partial charge < -0.3 is 14.4 Å². The second-order valence-electron chi connectivity index (χ2n) is 7.69. The van der Waals surface area contributed by atoms with Gasteiger partial charge in [-0.15, -0.1) is 0 Å². The molecule has 5 nitrogen and oxygen atoms in total. The highest BCUT2D eigenvalue weighted by atomic mass is 16.5. The second kappa shape index (κ2) is 10.8. The lowest BCUT2D eigenvalue weighted by atomic mass is 9.98. The fraction of sp³-hybridized carbons (Fsp3) is 0.500. The second-order valence-corrected chi connectivity index (χ2v) is 7.69. The molecule has 3 rings (SSSR count). The highest BCUT2D eigenvalue weighted by molar-refractivity contribution is 5.78. The van der Waals surface area contributed by atoms with Crippen LogP contribution < -0.4 is 9.47 Å². The van der Waals surface area contributed by atoms with Gasteiger partial charge in [-0.25, -0.2) is 0 Å². The third kappa shape index (κ3) is 6.21. The molecule has 158 valence electrons. The average Bonchev–Trinajstić information content (AvgIpc) is 2.71. The van der Waals surface area contributed by atoms with E-state index in [4.69, 9.17) is 9.47 Å². The van der Waals surface area contributed by atoms with Gasteiger partial charge in [0.05, 0.1) is 7.11 Å². The molecule has 1 amide bonds. The van der Waals surface area contributed by atoms with Crippen molar-refractivity contribution in [2.75, 3.05) is 13.7 Å². The topological polar surface area (TPSA) is 51.7 Å². The molecular weight excluding hydrogens is 364 g/mol. The van der Waals surface area contributed by atoms with E-state index in [1.54, 1.807) is 7.11 Å². The molecule has 29 heavy (non-hydrogen) atoms. The normalized spacial score (nSPS) is 12.7. The molecule has 0 unspecified atom stereocenters. The van der Waals surface area contributed by atoms with Crippen molar-refractivity contribution in [2.24, 2.45) is 5.92 Å². The standard InChI is InChI=1S/C21H26N2O3.C3H8/c1-14(2)21(24)23-10-9-16-11-18(7-6-17(16)12-23)26-13-19-20(25-4)8-5-15(3)22-19;1-3-2/h5-8,11,14H,9-10,12-13H2,1-4H3;3H2,1-2H3. The van der Waals surface area contributed by atoms with Gasteiger partial charge in [-0.2, -0.15) is 0 Å². The molecule has 0 radical (unpaired) electrons. The van der Waals surface area contributed by atoms with E-state index in [1.165, 1.54) is 17.5 Å². The average molecular weight is 399 g/mol. The van der Waals surface area contributed by atoms with Gasteiger partial charge in [-0.1, -0.05) is 40.2 Å². The van der Waals surface area contributed by atoms with E-state index < -0.39 is 0 Å². The summed E-state index contributed by atoms with van der Waals surface area (Å²) < 4.78 is 11.3. The molecule has 1 aromatic carbocycles. The maximum absolute atomic E-state index is 12.2. The molecule has 2 aromatic rings. The Bertz CT molecular complexity index is 818. The largest absolute Gasteiger partial charge is 0.495 e. The number of ether oxygens (including phenoxy) is 2. The Hall–Kier alpha value is -2.56. The maximum atomic E-state index is 12.2. The minimum Gasteiger partial charge on any atom is -0.495 e. The number of aromatic nitrogens is 1. The molecule has 0 N–H and O–H groups in total. The monoisotopic (exact) mass is 398 g/mol. The Morgan fingerprint density at radius 2 is 1.90 bits per heavy atom. The van der Waals surface area contributed by atoms with E-state index in [9.17, 15) is 4.79 Å².